The van der Waals surface area contributed by atoms with Gasteiger partial charge in [0.05, 0.1) is 7.11 Å². The number of benzene rings is 1. The number of hydrogen-bond donors (Lipinski definition) is 0. The third-order valence-corrected chi connectivity index (χ3v) is 2.94. The molecule has 4 heteroatoms. The third-order valence-electron chi connectivity index (χ3n) is 2.94. The average Bonchev–Trinajstić information content (AvgIpc) is 2.46. The van der Waals surface area contributed by atoms with Crippen LogP contribution in [0, 0.1) is 0 Å². The average molecular weight is 265 g/mol. The summed E-state index contributed by atoms with van der Waals surface area (Å²) in [5.74, 6) is 1.26. The monoisotopic (exact) mass is 265 g/mol. The van der Waals surface area contributed by atoms with Gasteiger partial charge in [0.25, 0.3) is 5.91 Å². The zero-order valence-electron chi connectivity index (χ0n) is 12.0. The van der Waals surface area contributed by atoms with Crippen LogP contribution in [0.2, 0.25) is 0 Å². The van der Waals surface area contributed by atoms with E-state index in [4.69, 9.17) is 9.47 Å². The minimum Gasteiger partial charge on any atom is -0.493 e. The topological polar surface area (TPSA) is 38.8 Å². The van der Waals surface area contributed by atoms with Crippen molar-refractivity contribution in [3.63, 3.8) is 0 Å². The summed E-state index contributed by atoms with van der Waals surface area (Å²) in [6.07, 6.45) is 2.10. The Hall–Kier alpha value is -1.71. The van der Waals surface area contributed by atoms with Crippen molar-refractivity contribution in [3.8, 4) is 11.5 Å². The molecule has 0 unspecified atom stereocenters. The number of likely N-dealkylation sites (N-methyl/N-ethyl adjacent to an activating group) is 1. The van der Waals surface area contributed by atoms with Gasteiger partial charge in [0.15, 0.2) is 18.1 Å². The second-order valence-corrected chi connectivity index (χ2v) is 4.27. The van der Waals surface area contributed by atoms with Crippen LogP contribution in [0.5, 0.6) is 11.5 Å². The van der Waals surface area contributed by atoms with Crippen molar-refractivity contribution in [2.45, 2.75) is 26.7 Å². The van der Waals surface area contributed by atoms with E-state index >= 15 is 0 Å². The highest BCUT2D eigenvalue weighted by Gasteiger charge is 2.12. The van der Waals surface area contributed by atoms with Crippen LogP contribution in [0.1, 0.15) is 26.7 Å². The highest BCUT2D eigenvalue weighted by molar-refractivity contribution is 5.77. The lowest BCUT2D eigenvalue weighted by atomic mass is 10.3. The predicted molar refractivity (Wildman–Crippen MR) is 75.7 cm³/mol. The number of ether oxygens (including phenoxy) is 2. The molecular formula is C15H23NO3. The molecule has 0 aliphatic rings. The fourth-order valence-corrected chi connectivity index (χ4v) is 1.78. The molecule has 106 valence electrons. The zero-order valence-corrected chi connectivity index (χ0v) is 12.0. The largest absolute Gasteiger partial charge is 0.493 e. The number of hydrogen-bond acceptors (Lipinski definition) is 3. The Morgan fingerprint density at radius 1 is 1.21 bits per heavy atom. The second kappa shape index (κ2) is 8.40. The van der Waals surface area contributed by atoms with Crippen molar-refractivity contribution >= 4 is 5.91 Å². The molecule has 4 nitrogen and oxygen atoms in total. The first-order chi connectivity index (χ1) is 9.22. The van der Waals surface area contributed by atoms with Gasteiger partial charge in [0, 0.05) is 13.1 Å². The smallest absolute Gasteiger partial charge is 0.260 e. The Morgan fingerprint density at radius 3 is 2.47 bits per heavy atom. The Balaban J connectivity index is 2.52. The van der Waals surface area contributed by atoms with Crippen LogP contribution < -0.4 is 9.47 Å². The van der Waals surface area contributed by atoms with E-state index < -0.39 is 0 Å². The molecule has 0 spiro atoms. The summed E-state index contributed by atoms with van der Waals surface area (Å²) in [7, 11) is 1.59. The molecule has 0 radical (unpaired) electrons. The van der Waals surface area contributed by atoms with Crippen molar-refractivity contribution in [2.24, 2.45) is 0 Å². The Morgan fingerprint density at radius 2 is 1.89 bits per heavy atom. The van der Waals surface area contributed by atoms with Gasteiger partial charge >= 0.3 is 0 Å². The summed E-state index contributed by atoms with van der Waals surface area (Å²) < 4.78 is 10.7. The molecule has 0 saturated heterocycles. The summed E-state index contributed by atoms with van der Waals surface area (Å²) in [6, 6.07) is 7.34. The van der Waals surface area contributed by atoms with Gasteiger partial charge in [-0.1, -0.05) is 25.5 Å². The van der Waals surface area contributed by atoms with Gasteiger partial charge in [-0.2, -0.15) is 0 Å². The van der Waals surface area contributed by atoms with Gasteiger partial charge in [-0.3, -0.25) is 4.79 Å². The van der Waals surface area contributed by atoms with E-state index in [1.165, 1.54) is 0 Å². The summed E-state index contributed by atoms with van der Waals surface area (Å²) in [5, 5.41) is 0. The lowest BCUT2D eigenvalue weighted by Gasteiger charge is -2.21. The summed E-state index contributed by atoms with van der Waals surface area (Å²) in [5.41, 5.74) is 0. The number of carbonyl (C=O) groups excluding carboxylic acids is 1. The first-order valence-electron chi connectivity index (χ1n) is 6.76. The van der Waals surface area contributed by atoms with Crippen LogP contribution in [-0.2, 0) is 4.79 Å². The number of para-hydroxylation sites is 2. The fraction of sp³-hybridized carbons (Fsp3) is 0.533. The van der Waals surface area contributed by atoms with Crippen molar-refractivity contribution in [3.05, 3.63) is 24.3 Å². The number of nitrogens with zero attached hydrogens (tertiary/aromatic N) is 1. The molecule has 1 rings (SSSR count). The quantitative estimate of drug-likeness (QED) is 0.725. The van der Waals surface area contributed by atoms with Crippen LogP contribution >= 0.6 is 0 Å². The number of carbonyl (C=O) groups is 1. The minimum atomic E-state index is 0.0156. The lowest BCUT2D eigenvalue weighted by molar-refractivity contribution is -0.133. The van der Waals surface area contributed by atoms with E-state index in [2.05, 4.69) is 6.92 Å². The molecule has 0 aliphatic heterocycles. The first-order valence-corrected chi connectivity index (χ1v) is 6.76. The molecule has 0 heterocycles. The summed E-state index contributed by atoms with van der Waals surface area (Å²) in [6.45, 7) is 5.66. The van der Waals surface area contributed by atoms with Gasteiger partial charge < -0.3 is 14.4 Å². The molecule has 0 saturated carbocycles. The van der Waals surface area contributed by atoms with Crippen molar-refractivity contribution in [1.29, 1.82) is 0 Å². The number of amides is 1. The molecule has 1 aromatic rings. The van der Waals surface area contributed by atoms with E-state index in [1.54, 1.807) is 13.2 Å². The Labute approximate surface area is 115 Å². The highest BCUT2D eigenvalue weighted by Crippen LogP contribution is 2.25. The Kier molecular flexibility index (Phi) is 6.79. The second-order valence-electron chi connectivity index (χ2n) is 4.27. The van der Waals surface area contributed by atoms with Crippen molar-refractivity contribution < 1.29 is 14.3 Å². The van der Waals surface area contributed by atoms with Crippen LogP contribution in [0.3, 0.4) is 0 Å². The molecule has 1 amide bonds. The van der Waals surface area contributed by atoms with E-state index in [0.717, 1.165) is 19.4 Å². The number of methoxy groups -OCH3 is 1. The molecule has 0 atom stereocenters. The molecule has 1 aromatic carbocycles. The van der Waals surface area contributed by atoms with Gasteiger partial charge in [-0.15, -0.1) is 0 Å². The lowest BCUT2D eigenvalue weighted by Crippen LogP contribution is -2.35. The van der Waals surface area contributed by atoms with E-state index in [9.17, 15) is 4.79 Å². The van der Waals surface area contributed by atoms with Crippen molar-refractivity contribution in [2.75, 3.05) is 26.8 Å². The SMILES string of the molecule is CCCCN(CC)C(=O)COc1ccccc1OC. The van der Waals surface area contributed by atoms with E-state index in [1.807, 2.05) is 30.0 Å². The molecule has 0 fully saturated rings. The molecule has 0 aromatic heterocycles. The van der Waals surface area contributed by atoms with Crippen LogP contribution in [0.15, 0.2) is 24.3 Å². The summed E-state index contributed by atoms with van der Waals surface area (Å²) >= 11 is 0. The maximum atomic E-state index is 12.0. The summed E-state index contributed by atoms with van der Waals surface area (Å²) in [4.78, 5) is 13.8. The van der Waals surface area contributed by atoms with E-state index in [-0.39, 0.29) is 12.5 Å². The van der Waals surface area contributed by atoms with Crippen LogP contribution in [0.25, 0.3) is 0 Å². The standard InChI is InChI=1S/C15H23NO3/c1-4-6-11-16(5-2)15(17)12-19-14-10-8-7-9-13(14)18-3/h7-10H,4-6,11-12H2,1-3H3. The van der Waals surface area contributed by atoms with Gasteiger partial charge in [-0.25, -0.2) is 0 Å². The molecule has 0 aliphatic carbocycles. The number of unbranched alkanes of at least 4 members (excludes halogenated alkanes) is 1. The number of rotatable bonds is 8. The van der Waals surface area contributed by atoms with Crippen LogP contribution in [0.4, 0.5) is 0 Å². The van der Waals surface area contributed by atoms with E-state index in [0.29, 0.717) is 18.0 Å². The Bertz CT molecular complexity index is 393. The van der Waals surface area contributed by atoms with Crippen molar-refractivity contribution in [1.82, 2.24) is 4.90 Å². The predicted octanol–water partition coefficient (Wildman–Crippen LogP) is 2.72. The molecule has 0 N–H and O–H groups in total. The van der Waals surface area contributed by atoms with Crippen LogP contribution in [-0.4, -0.2) is 37.6 Å². The maximum Gasteiger partial charge on any atom is 0.260 e. The maximum absolute atomic E-state index is 12.0. The van der Waals surface area contributed by atoms with Gasteiger partial charge in [0.1, 0.15) is 0 Å². The van der Waals surface area contributed by atoms with Gasteiger partial charge in [0.2, 0.25) is 0 Å². The molecule has 0 bridgehead atoms. The van der Waals surface area contributed by atoms with Gasteiger partial charge in [-0.05, 0) is 25.5 Å². The molecule has 19 heavy (non-hydrogen) atoms. The third kappa shape index (κ3) is 4.81. The minimum absolute atomic E-state index is 0.0156. The fourth-order valence-electron chi connectivity index (χ4n) is 1.78. The molecular weight excluding hydrogens is 242 g/mol. The first kappa shape index (κ1) is 15.3. The highest BCUT2D eigenvalue weighted by atomic mass is 16.5. The zero-order chi connectivity index (χ0) is 14.1. The normalized spacial score (nSPS) is 10.1.